The van der Waals surface area contributed by atoms with Crippen LogP contribution in [0, 0.1) is 29.4 Å². The van der Waals surface area contributed by atoms with Crippen LogP contribution in [0.1, 0.15) is 64.4 Å². The zero-order valence-electron chi connectivity index (χ0n) is 24.4. The first kappa shape index (κ1) is 32.0. The Morgan fingerprint density at radius 1 is 1.15 bits per heavy atom. The van der Waals surface area contributed by atoms with Crippen LogP contribution < -0.4 is 10.1 Å². The lowest BCUT2D eigenvalue weighted by Gasteiger charge is -2.43. The number of rotatable bonds is 15. The largest absolute Gasteiger partial charge is 0.457 e. The monoisotopic (exact) mass is 560 g/mol. The van der Waals surface area contributed by atoms with Gasteiger partial charge < -0.3 is 24.8 Å². The van der Waals surface area contributed by atoms with Gasteiger partial charge in [-0.05, 0) is 106 Å². The summed E-state index contributed by atoms with van der Waals surface area (Å²) in [6.45, 7) is 6.69. The minimum Gasteiger partial charge on any atom is -0.457 e. The Morgan fingerprint density at radius 3 is 2.55 bits per heavy atom. The van der Waals surface area contributed by atoms with Crippen molar-refractivity contribution < 1.29 is 28.2 Å². The fraction of sp³-hybridized carbons (Fsp3) is 0.594. The normalized spacial score (nSPS) is 18.0. The number of methoxy groups -OCH3 is 1. The highest BCUT2D eigenvalue weighted by molar-refractivity contribution is 5.76. The fourth-order valence-corrected chi connectivity index (χ4v) is 5.92. The molecule has 0 saturated carbocycles. The highest BCUT2D eigenvalue weighted by Crippen LogP contribution is 2.45. The van der Waals surface area contributed by atoms with E-state index in [2.05, 4.69) is 19.2 Å². The van der Waals surface area contributed by atoms with Gasteiger partial charge in [0, 0.05) is 44.7 Å². The van der Waals surface area contributed by atoms with Crippen LogP contribution in [0.15, 0.2) is 42.5 Å². The standard InChI is InChI=1S/C32H46F2N2O4/c1-23(2)18-24(21-35-3)19-31(37)36-16-7-8-25(22-36)32(38,15-5-6-17-39-4)29-20-27(34)11-14-30(29)40-28-12-9-26(33)10-13-28/h9-14,20,23-25,35,38H,5-8,15-19,21-22H2,1-4H3/t24-,25-,32+/m1/s1. The van der Waals surface area contributed by atoms with Crippen LogP contribution in [-0.2, 0) is 15.1 Å². The maximum Gasteiger partial charge on any atom is 0.222 e. The van der Waals surface area contributed by atoms with E-state index in [-0.39, 0.29) is 17.7 Å². The van der Waals surface area contributed by atoms with Crippen molar-refractivity contribution in [3.8, 4) is 11.5 Å². The Bertz CT molecular complexity index is 1070. The van der Waals surface area contributed by atoms with Gasteiger partial charge in [-0.1, -0.05) is 13.8 Å². The van der Waals surface area contributed by atoms with Crippen molar-refractivity contribution in [2.24, 2.45) is 17.8 Å². The smallest absolute Gasteiger partial charge is 0.222 e. The third-order valence-electron chi connectivity index (χ3n) is 7.82. The van der Waals surface area contributed by atoms with Gasteiger partial charge in [-0.25, -0.2) is 8.78 Å². The van der Waals surface area contributed by atoms with Gasteiger partial charge in [0.2, 0.25) is 5.91 Å². The second-order valence-electron chi connectivity index (χ2n) is 11.5. The molecule has 8 heteroatoms. The number of carbonyl (C=O) groups excluding carboxylic acids is 1. The average Bonchev–Trinajstić information content (AvgIpc) is 2.93. The van der Waals surface area contributed by atoms with Gasteiger partial charge in [0.05, 0.1) is 5.60 Å². The number of ether oxygens (including phenoxy) is 2. The summed E-state index contributed by atoms with van der Waals surface area (Å²) < 4.78 is 39.5. The van der Waals surface area contributed by atoms with E-state index < -0.39 is 17.2 Å². The lowest BCUT2D eigenvalue weighted by Crippen LogP contribution is -2.48. The third-order valence-corrected chi connectivity index (χ3v) is 7.82. The van der Waals surface area contributed by atoms with Crippen LogP contribution in [0.2, 0.25) is 0 Å². The van der Waals surface area contributed by atoms with Crippen molar-refractivity contribution >= 4 is 5.91 Å². The summed E-state index contributed by atoms with van der Waals surface area (Å²) in [7, 11) is 3.54. The molecule has 0 unspecified atom stereocenters. The van der Waals surface area contributed by atoms with Crippen LogP contribution in [0.4, 0.5) is 8.78 Å². The van der Waals surface area contributed by atoms with Crippen molar-refractivity contribution in [1.29, 1.82) is 0 Å². The molecule has 0 spiro atoms. The zero-order chi connectivity index (χ0) is 29.1. The summed E-state index contributed by atoms with van der Waals surface area (Å²) in [6.07, 6.45) is 4.61. The van der Waals surface area contributed by atoms with E-state index >= 15 is 0 Å². The number of piperidine rings is 1. The number of likely N-dealkylation sites (tertiary alicyclic amines) is 1. The van der Waals surface area contributed by atoms with Gasteiger partial charge in [-0.3, -0.25) is 4.79 Å². The highest BCUT2D eigenvalue weighted by Gasteiger charge is 2.43. The highest BCUT2D eigenvalue weighted by atomic mass is 19.1. The summed E-state index contributed by atoms with van der Waals surface area (Å²) >= 11 is 0. The van der Waals surface area contributed by atoms with Gasteiger partial charge in [0.25, 0.3) is 0 Å². The topological polar surface area (TPSA) is 71.0 Å². The van der Waals surface area contributed by atoms with Crippen LogP contribution in [-0.4, -0.2) is 56.3 Å². The molecule has 40 heavy (non-hydrogen) atoms. The lowest BCUT2D eigenvalue weighted by molar-refractivity contribution is -0.138. The Hall–Kier alpha value is -2.55. The molecule has 6 nitrogen and oxygen atoms in total. The number of unbranched alkanes of at least 4 members (excludes halogenated alkanes) is 1. The Balaban J connectivity index is 1.90. The molecule has 1 fully saturated rings. The molecule has 1 heterocycles. The van der Waals surface area contributed by atoms with E-state index in [1.807, 2.05) is 11.9 Å². The van der Waals surface area contributed by atoms with Gasteiger partial charge in [0.15, 0.2) is 0 Å². The molecule has 222 valence electrons. The molecule has 0 radical (unpaired) electrons. The first-order valence-electron chi connectivity index (χ1n) is 14.5. The minimum atomic E-state index is -1.44. The number of amides is 1. The molecule has 0 aromatic heterocycles. The molecule has 3 atom stereocenters. The number of benzene rings is 2. The van der Waals surface area contributed by atoms with E-state index in [0.717, 1.165) is 25.8 Å². The van der Waals surface area contributed by atoms with Crippen molar-refractivity contribution in [2.45, 2.75) is 64.4 Å². The maximum atomic E-state index is 14.7. The number of aliphatic hydroxyl groups is 1. The third kappa shape index (κ3) is 8.98. The molecule has 0 aliphatic carbocycles. The quantitative estimate of drug-likeness (QED) is 0.251. The van der Waals surface area contributed by atoms with E-state index in [1.54, 1.807) is 7.11 Å². The predicted octanol–water partition coefficient (Wildman–Crippen LogP) is 6.27. The van der Waals surface area contributed by atoms with Crippen LogP contribution >= 0.6 is 0 Å². The summed E-state index contributed by atoms with van der Waals surface area (Å²) in [4.78, 5) is 15.3. The molecule has 0 bridgehead atoms. The van der Waals surface area contributed by atoms with Gasteiger partial charge >= 0.3 is 0 Å². The van der Waals surface area contributed by atoms with E-state index in [4.69, 9.17) is 9.47 Å². The first-order valence-corrected chi connectivity index (χ1v) is 14.5. The number of nitrogens with zero attached hydrogens (tertiary/aromatic N) is 1. The van der Waals surface area contributed by atoms with Gasteiger partial charge in [0.1, 0.15) is 23.1 Å². The van der Waals surface area contributed by atoms with Crippen LogP contribution in [0.5, 0.6) is 11.5 Å². The van der Waals surface area contributed by atoms with Gasteiger partial charge in [-0.15, -0.1) is 0 Å². The Morgan fingerprint density at radius 2 is 1.88 bits per heavy atom. The molecular weight excluding hydrogens is 514 g/mol. The number of halogens is 2. The molecular formula is C32H46F2N2O4. The summed E-state index contributed by atoms with van der Waals surface area (Å²) in [5.41, 5.74) is -1.09. The number of carbonyl (C=O) groups is 1. The SMILES string of the molecule is CNC[C@@H](CC(=O)N1CCC[C@@H]([C@@](O)(CCCCOC)c2cc(F)ccc2Oc2ccc(F)cc2)C1)CC(C)C. The number of hydrogen-bond acceptors (Lipinski definition) is 5. The van der Waals surface area contributed by atoms with Crippen molar-refractivity contribution in [3.63, 3.8) is 0 Å². The first-order chi connectivity index (χ1) is 19.2. The van der Waals surface area contributed by atoms with Crippen LogP contribution in [0.25, 0.3) is 0 Å². The van der Waals surface area contributed by atoms with E-state index in [0.29, 0.717) is 68.4 Å². The van der Waals surface area contributed by atoms with Gasteiger partial charge in [-0.2, -0.15) is 0 Å². The molecule has 1 aliphatic rings. The summed E-state index contributed by atoms with van der Waals surface area (Å²) in [6, 6.07) is 9.72. The Labute approximate surface area is 238 Å². The predicted molar refractivity (Wildman–Crippen MR) is 153 cm³/mol. The fourth-order valence-electron chi connectivity index (χ4n) is 5.92. The van der Waals surface area contributed by atoms with E-state index in [9.17, 15) is 18.7 Å². The molecule has 1 amide bonds. The molecule has 1 aliphatic heterocycles. The van der Waals surface area contributed by atoms with Crippen molar-refractivity contribution in [2.75, 3.05) is 40.4 Å². The zero-order valence-corrected chi connectivity index (χ0v) is 24.4. The second-order valence-corrected chi connectivity index (χ2v) is 11.5. The van der Waals surface area contributed by atoms with Crippen molar-refractivity contribution in [3.05, 3.63) is 59.7 Å². The maximum absolute atomic E-state index is 14.7. The number of hydrogen-bond donors (Lipinski definition) is 2. The van der Waals surface area contributed by atoms with E-state index in [1.165, 1.54) is 42.5 Å². The Kier molecular flexibility index (Phi) is 12.3. The van der Waals surface area contributed by atoms with Crippen LogP contribution in [0.3, 0.4) is 0 Å². The summed E-state index contributed by atoms with van der Waals surface area (Å²) in [5.74, 6) is 0.346. The summed E-state index contributed by atoms with van der Waals surface area (Å²) in [5, 5.41) is 15.6. The molecule has 3 rings (SSSR count). The molecule has 2 aromatic carbocycles. The average molecular weight is 561 g/mol. The molecule has 2 N–H and O–H groups in total. The lowest BCUT2D eigenvalue weighted by atomic mass is 9.73. The number of nitrogens with one attached hydrogen (secondary N) is 1. The molecule has 1 saturated heterocycles. The van der Waals surface area contributed by atoms with Crippen molar-refractivity contribution in [1.82, 2.24) is 10.2 Å². The second kappa shape index (κ2) is 15.5. The molecule has 2 aromatic rings. The minimum absolute atomic E-state index is 0.0920.